The fourth-order valence-corrected chi connectivity index (χ4v) is 3.91. The molecule has 2 amide bonds. The van der Waals surface area contributed by atoms with Crippen molar-refractivity contribution >= 4 is 27.5 Å². The highest BCUT2D eigenvalue weighted by atomic mass is 32.2. The van der Waals surface area contributed by atoms with Gasteiger partial charge in [0, 0.05) is 43.3 Å². The SMILES string of the molecule is CCS(=O)(=O)N1CCN(C(=O)c2ccc(NC(=O)C3CC3)cc2)CC1. The van der Waals surface area contributed by atoms with Gasteiger partial charge in [0.2, 0.25) is 15.9 Å². The zero-order chi connectivity index (χ0) is 18.0. The van der Waals surface area contributed by atoms with Crippen molar-refractivity contribution in [3.8, 4) is 0 Å². The molecule has 0 aromatic heterocycles. The third-order valence-electron chi connectivity index (χ3n) is 4.63. The molecule has 8 heteroatoms. The van der Waals surface area contributed by atoms with Gasteiger partial charge in [0.1, 0.15) is 0 Å². The van der Waals surface area contributed by atoms with E-state index in [0.29, 0.717) is 37.4 Å². The van der Waals surface area contributed by atoms with Crippen LogP contribution in [0.15, 0.2) is 24.3 Å². The molecule has 0 unspecified atom stereocenters. The molecule has 25 heavy (non-hydrogen) atoms. The minimum absolute atomic E-state index is 0.0346. The Kier molecular flexibility index (Phi) is 5.10. The second-order valence-corrected chi connectivity index (χ2v) is 8.69. The number of anilines is 1. The van der Waals surface area contributed by atoms with Crippen molar-refractivity contribution in [2.45, 2.75) is 19.8 Å². The molecule has 3 rings (SSSR count). The van der Waals surface area contributed by atoms with Gasteiger partial charge in [-0.15, -0.1) is 0 Å². The van der Waals surface area contributed by atoms with E-state index in [9.17, 15) is 18.0 Å². The van der Waals surface area contributed by atoms with E-state index in [4.69, 9.17) is 0 Å². The van der Waals surface area contributed by atoms with Crippen molar-refractivity contribution < 1.29 is 18.0 Å². The molecule has 1 aliphatic carbocycles. The molecule has 1 N–H and O–H groups in total. The van der Waals surface area contributed by atoms with Crippen LogP contribution in [0.1, 0.15) is 30.1 Å². The van der Waals surface area contributed by atoms with Crippen molar-refractivity contribution in [1.29, 1.82) is 0 Å². The number of benzene rings is 1. The molecule has 7 nitrogen and oxygen atoms in total. The fourth-order valence-electron chi connectivity index (χ4n) is 2.82. The van der Waals surface area contributed by atoms with Crippen molar-refractivity contribution in [3.05, 3.63) is 29.8 Å². The molecule has 1 heterocycles. The lowest BCUT2D eigenvalue weighted by molar-refractivity contribution is -0.117. The van der Waals surface area contributed by atoms with E-state index in [1.807, 2.05) is 0 Å². The van der Waals surface area contributed by atoms with Crippen LogP contribution in [0.25, 0.3) is 0 Å². The van der Waals surface area contributed by atoms with Crippen LogP contribution in [-0.4, -0.2) is 61.4 Å². The molecular formula is C17H23N3O4S. The molecule has 0 radical (unpaired) electrons. The average Bonchev–Trinajstić information content (AvgIpc) is 3.47. The minimum atomic E-state index is -3.20. The summed E-state index contributed by atoms with van der Waals surface area (Å²) in [5, 5.41) is 2.84. The van der Waals surface area contributed by atoms with Gasteiger partial charge in [-0.05, 0) is 44.0 Å². The molecule has 0 atom stereocenters. The molecule has 1 aliphatic heterocycles. The van der Waals surface area contributed by atoms with Gasteiger partial charge in [0.15, 0.2) is 0 Å². The molecule has 1 saturated heterocycles. The molecule has 136 valence electrons. The number of carbonyl (C=O) groups excluding carboxylic acids is 2. The topological polar surface area (TPSA) is 86.8 Å². The van der Waals surface area contributed by atoms with E-state index in [0.717, 1.165) is 12.8 Å². The summed E-state index contributed by atoms with van der Waals surface area (Å²) in [6.45, 7) is 3.06. The van der Waals surface area contributed by atoms with Crippen LogP contribution in [-0.2, 0) is 14.8 Å². The van der Waals surface area contributed by atoms with E-state index < -0.39 is 10.0 Å². The summed E-state index contributed by atoms with van der Waals surface area (Å²) in [7, 11) is -3.20. The van der Waals surface area contributed by atoms with Crippen LogP contribution in [0.3, 0.4) is 0 Å². The Bertz CT molecular complexity index is 749. The number of nitrogens with zero attached hydrogens (tertiary/aromatic N) is 2. The highest BCUT2D eigenvalue weighted by Gasteiger charge is 2.30. The number of sulfonamides is 1. The number of carbonyl (C=O) groups is 2. The van der Waals surface area contributed by atoms with Crippen LogP contribution in [0.5, 0.6) is 0 Å². The number of nitrogens with one attached hydrogen (secondary N) is 1. The molecule has 0 bridgehead atoms. The predicted octanol–water partition coefficient (Wildman–Crippen LogP) is 1.14. The number of rotatable bonds is 5. The summed E-state index contributed by atoms with van der Waals surface area (Å²) >= 11 is 0. The molecule has 1 aromatic rings. The first-order valence-corrected chi connectivity index (χ1v) is 10.2. The van der Waals surface area contributed by atoms with E-state index in [1.54, 1.807) is 36.1 Å². The lowest BCUT2D eigenvalue weighted by Gasteiger charge is -2.33. The maximum atomic E-state index is 12.5. The van der Waals surface area contributed by atoms with Gasteiger partial charge in [0.25, 0.3) is 5.91 Å². The first-order valence-electron chi connectivity index (χ1n) is 8.58. The molecule has 1 aromatic carbocycles. The van der Waals surface area contributed by atoms with Crippen LogP contribution < -0.4 is 5.32 Å². The van der Waals surface area contributed by atoms with Crippen molar-refractivity contribution in [2.24, 2.45) is 5.92 Å². The zero-order valence-corrected chi connectivity index (χ0v) is 15.1. The molecule has 2 fully saturated rings. The maximum Gasteiger partial charge on any atom is 0.253 e. The number of hydrogen-bond donors (Lipinski definition) is 1. The predicted molar refractivity (Wildman–Crippen MR) is 94.7 cm³/mol. The van der Waals surface area contributed by atoms with Gasteiger partial charge in [-0.25, -0.2) is 8.42 Å². The van der Waals surface area contributed by atoms with Crippen molar-refractivity contribution in [1.82, 2.24) is 9.21 Å². The van der Waals surface area contributed by atoms with Crippen LogP contribution in [0, 0.1) is 5.92 Å². The average molecular weight is 365 g/mol. The van der Waals surface area contributed by atoms with Crippen LogP contribution in [0.4, 0.5) is 5.69 Å². The highest BCUT2D eigenvalue weighted by Crippen LogP contribution is 2.30. The third kappa shape index (κ3) is 4.19. The Labute approximate surface area is 148 Å². The van der Waals surface area contributed by atoms with Crippen LogP contribution >= 0.6 is 0 Å². The number of amides is 2. The molecule has 2 aliphatic rings. The number of piperazine rings is 1. The Morgan fingerprint density at radius 1 is 1.08 bits per heavy atom. The first kappa shape index (κ1) is 17.9. The molecule has 0 spiro atoms. The monoisotopic (exact) mass is 365 g/mol. The Morgan fingerprint density at radius 3 is 2.20 bits per heavy atom. The highest BCUT2D eigenvalue weighted by molar-refractivity contribution is 7.89. The first-order chi connectivity index (χ1) is 11.9. The largest absolute Gasteiger partial charge is 0.336 e. The molecular weight excluding hydrogens is 342 g/mol. The summed E-state index contributed by atoms with van der Waals surface area (Å²) in [5.74, 6) is 0.132. The zero-order valence-electron chi connectivity index (χ0n) is 14.3. The molecule has 1 saturated carbocycles. The standard InChI is InChI=1S/C17H23N3O4S/c1-2-25(23,24)20-11-9-19(10-12-20)17(22)14-5-7-15(8-6-14)18-16(21)13-3-4-13/h5-8,13H,2-4,9-12H2,1H3,(H,18,21). The Balaban J connectivity index is 1.57. The van der Waals surface area contributed by atoms with E-state index in [1.165, 1.54) is 4.31 Å². The summed E-state index contributed by atoms with van der Waals surface area (Å²) in [6, 6.07) is 6.84. The van der Waals surface area contributed by atoms with Crippen molar-refractivity contribution in [2.75, 3.05) is 37.2 Å². The van der Waals surface area contributed by atoms with Gasteiger partial charge >= 0.3 is 0 Å². The van der Waals surface area contributed by atoms with E-state index in [2.05, 4.69) is 5.32 Å². The number of hydrogen-bond acceptors (Lipinski definition) is 4. The second-order valence-electron chi connectivity index (χ2n) is 6.43. The van der Waals surface area contributed by atoms with Crippen molar-refractivity contribution in [3.63, 3.8) is 0 Å². The summed E-state index contributed by atoms with van der Waals surface area (Å²) in [6.07, 6.45) is 1.89. The smallest absolute Gasteiger partial charge is 0.253 e. The summed E-state index contributed by atoms with van der Waals surface area (Å²) < 4.78 is 25.2. The second kappa shape index (κ2) is 7.13. The summed E-state index contributed by atoms with van der Waals surface area (Å²) in [5.41, 5.74) is 1.23. The summed E-state index contributed by atoms with van der Waals surface area (Å²) in [4.78, 5) is 26.0. The van der Waals surface area contributed by atoms with E-state index in [-0.39, 0.29) is 23.5 Å². The Morgan fingerprint density at radius 2 is 1.68 bits per heavy atom. The van der Waals surface area contributed by atoms with Gasteiger partial charge in [0.05, 0.1) is 5.75 Å². The quantitative estimate of drug-likeness (QED) is 0.848. The van der Waals surface area contributed by atoms with Crippen LogP contribution in [0.2, 0.25) is 0 Å². The van der Waals surface area contributed by atoms with Gasteiger partial charge in [-0.2, -0.15) is 4.31 Å². The lowest BCUT2D eigenvalue weighted by atomic mass is 10.1. The maximum absolute atomic E-state index is 12.5. The van der Waals surface area contributed by atoms with Gasteiger partial charge in [-0.1, -0.05) is 0 Å². The fraction of sp³-hybridized carbons (Fsp3) is 0.529. The third-order valence-corrected chi connectivity index (χ3v) is 6.51. The Hall–Kier alpha value is -1.93. The van der Waals surface area contributed by atoms with E-state index >= 15 is 0 Å². The minimum Gasteiger partial charge on any atom is -0.336 e. The normalized spacial score (nSPS) is 18.8. The van der Waals surface area contributed by atoms with Gasteiger partial charge < -0.3 is 10.2 Å². The van der Waals surface area contributed by atoms with Gasteiger partial charge in [-0.3, -0.25) is 9.59 Å². The lowest BCUT2D eigenvalue weighted by Crippen LogP contribution is -2.50.